The first-order valence-electron chi connectivity index (χ1n) is 11.4. The third kappa shape index (κ3) is 4.84. The van der Waals surface area contributed by atoms with Crippen molar-refractivity contribution < 1.29 is 14.0 Å². The van der Waals surface area contributed by atoms with E-state index in [0.717, 1.165) is 22.1 Å². The summed E-state index contributed by atoms with van der Waals surface area (Å²) in [4.78, 5) is 26.1. The molecule has 5 nitrogen and oxygen atoms in total. The highest BCUT2D eigenvalue weighted by molar-refractivity contribution is 6.05. The number of hydrogen-bond donors (Lipinski definition) is 2. The third-order valence-corrected chi connectivity index (χ3v) is 5.92. The molecule has 0 aliphatic heterocycles. The Kier molecular flexibility index (Phi) is 6.14. The first kappa shape index (κ1) is 22.2. The smallest absolute Gasteiger partial charge is 0.291 e. The second-order valence-corrected chi connectivity index (χ2v) is 8.38. The van der Waals surface area contributed by atoms with Gasteiger partial charge >= 0.3 is 0 Å². The van der Waals surface area contributed by atoms with Crippen molar-refractivity contribution in [3.8, 4) is 0 Å². The molecule has 0 atom stereocenters. The molecule has 2 N–H and O–H groups in total. The second kappa shape index (κ2) is 9.69. The zero-order chi connectivity index (χ0) is 24.2. The van der Waals surface area contributed by atoms with Crippen molar-refractivity contribution in [2.24, 2.45) is 0 Å². The number of benzene rings is 4. The molecule has 1 aromatic heterocycles. The third-order valence-electron chi connectivity index (χ3n) is 5.92. The second-order valence-electron chi connectivity index (χ2n) is 8.38. The summed E-state index contributed by atoms with van der Waals surface area (Å²) in [6, 6.07) is 34.1. The van der Waals surface area contributed by atoms with E-state index < -0.39 is 5.92 Å². The van der Waals surface area contributed by atoms with Crippen molar-refractivity contribution in [1.29, 1.82) is 0 Å². The lowest BCUT2D eigenvalue weighted by molar-refractivity contribution is -0.116. The molecule has 0 fully saturated rings. The van der Waals surface area contributed by atoms with Gasteiger partial charge in [-0.25, -0.2) is 0 Å². The SMILES string of the molecule is Cc1cc(NC(=O)C(c2ccccc2)c2ccccc2)ccc1NC(=O)c1cc2ccccc2o1. The molecule has 5 rings (SSSR count). The Labute approximate surface area is 203 Å². The molecular weight excluding hydrogens is 436 g/mol. The summed E-state index contributed by atoms with van der Waals surface area (Å²) in [5.74, 6) is -0.642. The van der Waals surface area contributed by atoms with Gasteiger partial charge in [0.1, 0.15) is 5.58 Å². The summed E-state index contributed by atoms with van der Waals surface area (Å²) < 4.78 is 5.66. The van der Waals surface area contributed by atoms with Gasteiger partial charge in [-0.2, -0.15) is 0 Å². The van der Waals surface area contributed by atoms with Crippen molar-refractivity contribution in [2.45, 2.75) is 12.8 Å². The predicted molar refractivity (Wildman–Crippen MR) is 139 cm³/mol. The van der Waals surface area contributed by atoms with Crippen LogP contribution in [-0.2, 0) is 4.79 Å². The number of carbonyl (C=O) groups is 2. The maximum Gasteiger partial charge on any atom is 0.291 e. The fourth-order valence-electron chi connectivity index (χ4n) is 4.16. The highest BCUT2D eigenvalue weighted by atomic mass is 16.3. The summed E-state index contributed by atoms with van der Waals surface area (Å²) in [6.07, 6.45) is 0. The van der Waals surface area contributed by atoms with Crippen LogP contribution in [0.15, 0.2) is 114 Å². The quantitative estimate of drug-likeness (QED) is 0.294. The number of carbonyl (C=O) groups excluding carboxylic acids is 2. The number of hydrogen-bond acceptors (Lipinski definition) is 3. The monoisotopic (exact) mass is 460 g/mol. The molecule has 5 aromatic rings. The molecule has 1 heterocycles. The summed E-state index contributed by atoms with van der Waals surface area (Å²) >= 11 is 0. The van der Waals surface area contributed by atoms with E-state index in [1.807, 2.05) is 97.9 Å². The molecule has 2 amide bonds. The first-order chi connectivity index (χ1) is 17.1. The number of anilines is 2. The van der Waals surface area contributed by atoms with Gasteiger partial charge in [-0.3, -0.25) is 9.59 Å². The van der Waals surface area contributed by atoms with Crippen LogP contribution in [0.3, 0.4) is 0 Å². The van der Waals surface area contributed by atoms with Crippen LogP contribution in [0.4, 0.5) is 11.4 Å². The molecule has 0 aliphatic carbocycles. The minimum Gasteiger partial charge on any atom is -0.451 e. The predicted octanol–water partition coefficient (Wildman–Crippen LogP) is 6.76. The van der Waals surface area contributed by atoms with E-state index in [-0.39, 0.29) is 17.6 Å². The van der Waals surface area contributed by atoms with Gasteiger partial charge in [0, 0.05) is 16.8 Å². The maximum atomic E-state index is 13.4. The van der Waals surface area contributed by atoms with Gasteiger partial charge in [0.25, 0.3) is 5.91 Å². The molecule has 0 radical (unpaired) electrons. The topological polar surface area (TPSA) is 71.3 Å². The fourth-order valence-corrected chi connectivity index (χ4v) is 4.16. The summed E-state index contributed by atoms with van der Waals surface area (Å²) in [6.45, 7) is 1.88. The number of para-hydroxylation sites is 1. The zero-order valence-electron chi connectivity index (χ0n) is 19.2. The Balaban J connectivity index is 1.34. The Bertz CT molecular complexity index is 1420. The molecule has 0 aliphatic rings. The molecule has 5 heteroatoms. The Hall–Kier alpha value is -4.64. The van der Waals surface area contributed by atoms with Crippen LogP contribution in [0.25, 0.3) is 11.0 Å². The minimum atomic E-state index is -0.440. The number of nitrogens with one attached hydrogen (secondary N) is 2. The average molecular weight is 461 g/mol. The Morgan fingerprint density at radius 1 is 0.714 bits per heavy atom. The van der Waals surface area contributed by atoms with Crippen molar-refractivity contribution in [3.05, 3.63) is 132 Å². The van der Waals surface area contributed by atoms with E-state index in [0.29, 0.717) is 17.0 Å². The highest BCUT2D eigenvalue weighted by Gasteiger charge is 2.23. The number of amides is 2. The summed E-state index contributed by atoms with van der Waals surface area (Å²) in [5, 5.41) is 6.81. The molecule has 0 bridgehead atoms. The molecule has 0 saturated heterocycles. The standard InChI is InChI=1S/C30H24N2O3/c1-20-18-24(16-17-25(20)32-29(33)27-19-23-14-8-9-15-26(23)35-27)31-30(34)28(21-10-4-2-5-11-21)22-12-6-3-7-13-22/h2-19,28H,1H3,(H,31,34)(H,32,33). The van der Waals surface area contributed by atoms with Crippen molar-refractivity contribution in [1.82, 2.24) is 0 Å². The molecule has 0 unspecified atom stereocenters. The van der Waals surface area contributed by atoms with Crippen LogP contribution in [0.2, 0.25) is 0 Å². The van der Waals surface area contributed by atoms with Gasteiger partial charge in [-0.1, -0.05) is 78.9 Å². The van der Waals surface area contributed by atoms with E-state index in [9.17, 15) is 9.59 Å². The van der Waals surface area contributed by atoms with Crippen LogP contribution in [0.1, 0.15) is 33.2 Å². The number of furan rings is 1. The maximum absolute atomic E-state index is 13.4. The van der Waals surface area contributed by atoms with Gasteiger partial charge in [-0.15, -0.1) is 0 Å². The fraction of sp³-hybridized carbons (Fsp3) is 0.0667. The number of aryl methyl sites for hydroxylation is 1. The summed E-state index contributed by atoms with van der Waals surface area (Å²) in [5.41, 5.74) is 4.63. The lowest BCUT2D eigenvalue weighted by Crippen LogP contribution is -2.22. The van der Waals surface area contributed by atoms with E-state index in [4.69, 9.17) is 4.42 Å². The van der Waals surface area contributed by atoms with Crippen LogP contribution < -0.4 is 10.6 Å². The lowest BCUT2D eigenvalue weighted by Gasteiger charge is -2.18. The Morgan fingerprint density at radius 2 is 1.34 bits per heavy atom. The first-order valence-corrected chi connectivity index (χ1v) is 11.4. The minimum absolute atomic E-state index is 0.124. The van der Waals surface area contributed by atoms with Gasteiger partial charge in [-0.05, 0) is 53.9 Å². The molecule has 35 heavy (non-hydrogen) atoms. The molecule has 0 saturated carbocycles. The number of fused-ring (bicyclic) bond motifs is 1. The normalized spacial score (nSPS) is 10.9. The van der Waals surface area contributed by atoms with Crippen LogP contribution in [0.5, 0.6) is 0 Å². The summed E-state index contributed by atoms with van der Waals surface area (Å²) in [7, 11) is 0. The number of rotatable bonds is 6. The van der Waals surface area contributed by atoms with Crippen LogP contribution in [-0.4, -0.2) is 11.8 Å². The zero-order valence-corrected chi connectivity index (χ0v) is 19.2. The van der Waals surface area contributed by atoms with E-state index >= 15 is 0 Å². The van der Waals surface area contributed by atoms with Crippen LogP contribution in [0, 0.1) is 6.92 Å². The Morgan fingerprint density at radius 3 is 1.97 bits per heavy atom. The molecule has 4 aromatic carbocycles. The highest BCUT2D eigenvalue weighted by Crippen LogP contribution is 2.28. The van der Waals surface area contributed by atoms with Crippen molar-refractivity contribution in [2.75, 3.05) is 10.6 Å². The van der Waals surface area contributed by atoms with E-state index in [1.54, 1.807) is 18.2 Å². The van der Waals surface area contributed by atoms with Gasteiger partial charge in [0.2, 0.25) is 5.91 Å². The molecular formula is C30H24N2O3. The van der Waals surface area contributed by atoms with Crippen molar-refractivity contribution >= 4 is 34.2 Å². The van der Waals surface area contributed by atoms with Crippen LogP contribution >= 0.6 is 0 Å². The average Bonchev–Trinajstić information content (AvgIpc) is 3.32. The van der Waals surface area contributed by atoms with E-state index in [1.165, 1.54) is 0 Å². The van der Waals surface area contributed by atoms with Crippen molar-refractivity contribution in [3.63, 3.8) is 0 Å². The van der Waals surface area contributed by atoms with E-state index in [2.05, 4.69) is 10.6 Å². The van der Waals surface area contributed by atoms with Gasteiger partial charge < -0.3 is 15.1 Å². The molecule has 0 spiro atoms. The lowest BCUT2D eigenvalue weighted by atomic mass is 9.90. The molecule has 172 valence electrons. The largest absolute Gasteiger partial charge is 0.451 e. The van der Waals surface area contributed by atoms with Gasteiger partial charge in [0.15, 0.2) is 5.76 Å². The van der Waals surface area contributed by atoms with Gasteiger partial charge in [0.05, 0.1) is 5.92 Å².